The topological polar surface area (TPSA) is 157 Å². The molecule has 2 amide bonds. The van der Waals surface area contributed by atoms with Gasteiger partial charge in [0.05, 0.1) is 29.6 Å². The van der Waals surface area contributed by atoms with Gasteiger partial charge in [-0.15, -0.1) is 5.10 Å². The van der Waals surface area contributed by atoms with Gasteiger partial charge in [0, 0.05) is 35.2 Å². The van der Waals surface area contributed by atoms with Crippen molar-refractivity contribution in [3.8, 4) is 5.75 Å². The third-order valence-corrected chi connectivity index (χ3v) is 11.4. The molecule has 9 rings (SSSR count). The summed E-state index contributed by atoms with van der Waals surface area (Å²) < 4.78 is 8.76. The van der Waals surface area contributed by atoms with Crippen LogP contribution in [0.1, 0.15) is 70.4 Å². The second-order valence-corrected chi connectivity index (χ2v) is 14.1. The Hall–Kier alpha value is -4.62. The first kappa shape index (κ1) is 29.5. The van der Waals surface area contributed by atoms with Crippen molar-refractivity contribution in [3.05, 3.63) is 80.0 Å². The fourth-order valence-electron chi connectivity index (χ4n) is 8.74. The molecule has 4 aromatic rings. The van der Waals surface area contributed by atoms with Crippen LogP contribution >= 0.6 is 11.6 Å². The van der Waals surface area contributed by atoms with Crippen molar-refractivity contribution < 1.29 is 19.4 Å². The zero-order valence-electron chi connectivity index (χ0n) is 26.4. The number of hydrogen-bond donors (Lipinski definition) is 2. The number of halogens is 1. The Kier molecular flexibility index (Phi) is 6.42. The fraction of sp³-hybridized carbons (Fsp3) is 0.441. The summed E-state index contributed by atoms with van der Waals surface area (Å²) in [5.41, 5.74) is 3.67. The molecule has 5 atom stereocenters. The summed E-state index contributed by atoms with van der Waals surface area (Å²) in [6, 6.07) is 5.39. The molecule has 14 heteroatoms. The Labute approximate surface area is 279 Å². The van der Waals surface area contributed by atoms with Gasteiger partial charge >= 0.3 is 0 Å². The Balaban J connectivity index is 1.13. The second kappa shape index (κ2) is 10.4. The molecule has 5 heterocycles. The Morgan fingerprint density at radius 1 is 1.19 bits per heavy atom. The molecule has 3 fully saturated rings. The number of nitrogens with zero attached hydrogens (tertiary/aromatic N) is 7. The van der Waals surface area contributed by atoms with Gasteiger partial charge in [-0.3, -0.25) is 14.4 Å². The predicted octanol–water partition coefficient (Wildman–Crippen LogP) is 3.39. The van der Waals surface area contributed by atoms with Crippen LogP contribution in [0.25, 0.3) is 11.4 Å². The summed E-state index contributed by atoms with van der Waals surface area (Å²) in [6.07, 6.45) is 6.10. The number of likely N-dealkylation sites (tertiary alicyclic amines) is 1. The lowest BCUT2D eigenvalue weighted by Gasteiger charge is -2.40. The predicted molar refractivity (Wildman–Crippen MR) is 174 cm³/mol. The number of rotatable bonds is 5. The average molecular weight is 669 g/mol. The minimum absolute atomic E-state index is 0.00143. The first-order valence-electron chi connectivity index (χ1n) is 16.4. The minimum Gasteiger partial charge on any atom is -0.504 e. The van der Waals surface area contributed by atoms with E-state index < -0.39 is 5.41 Å². The van der Waals surface area contributed by atoms with Crippen LogP contribution in [0.15, 0.2) is 35.4 Å². The highest BCUT2D eigenvalue weighted by atomic mass is 35.5. The number of aryl methyl sites for hydroxylation is 2. The molecule has 1 aromatic carbocycles. The van der Waals surface area contributed by atoms with Crippen molar-refractivity contribution >= 4 is 40.5 Å². The van der Waals surface area contributed by atoms with Crippen molar-refractivity contribution in [3.63, 3.8) is 0 Å². The summed E-state index contributed by atoms with van der Waals surface area (Å²) in [5, 5.41) is 18.7. The Morgan fingerprint density at radius 2 is 2.04 bits per heavy atom. The smallest absolute Gasteiger partial charge is 0.279 e. The fourth-order valence-corrected chi connectivity index (χ4v) is 9.03. The SMILES string of the molecule is Cc1ccc(NC(=O)Cn2c3c(c(=O)n4nc(C5=CCOCC5)nc24)C2(CCN(C(=O)c4ncnc(C)c4O)C4CC42)C2CC32)c(Cl)c1. The van der Waals surface area contributed by atoms with E-state index in [0.717, 1.165) is 29.7 Å². The van der Waals surface area contributed by atoms with Crippen molar-refractivity contribution in [1.82, 2.24) is 34.0 Å². The Bertz CT molecular complexity index is 2180. The number of hydrogen-bond acceptors (Lipinski definition) is 9. The van der Waals surface area contributed by atoms with Crippen LogP contribution in [0.4, 0.5) is 5.69 Å². The van der Waals surface area contributed by atoms with Gasteiger partial charge < -0.3 is 24.6 Å². The molecule has 1 saturated heterocycles. The molecular weight excluding hydrogens is 636 g/mol. The molecule has 48 heavy (non-hydrogen) atoms. The number of anilines is 1. The first-order valence-corrected chi connectivity index (χ1v) is 16.7. The maximum atomic E-state index is 14.6. The van der Waals surface area contributed by atoms with Crippen LogP contribution in [-0.4, -0.2) is 76.8 Å². The van der Waals surface area contributed by atoms with E-state index in [1.807, 2.05) is 23.6 Å². The number of carbonyl (C=O) groups excluding carboxylic acids is 2. The first-order chi connectivity index (χ1) is 23.2. The summed E-state index contributed by atoms with van der Waals surface area (Å²) in [4.78, 5) is 56.7. The van der Waals surface area contributed by atoms with E-state index in [4.69, 9.17) is 26.4 Å². The van der Waals surface area contributed by atoms with E-state index in [1.165, 1.54) is 10.8 Å². The summed E-state index contributed by atoms with van der Waals surface area (Å²) in [7, 11) is 0. The monoisotopic (exact) mass is 668 g/mol. The van der Waals surface area contributed by atoms with E-state index in [1.54, 1.807) is 24.0 Å². The van der Waals surface area contributed by atoms with Gasteiger partial charge in [-0.2, -0.15) is 9.50 Å². The molecule has 2 aliphatic heterocycles. The van der Waals surface area contributed by atoms with Gasteiger partial charge in [-0.05, 0) is 74.6 Å². The van der Waals surface area contributed by atoms with Crippen molar-refractivity contribution in [2.24, 2.45) is 11.8 Å². The van der Waals surface area contributed by atoms with Crippen LogP contribution < -0.4 is 10.9 Å². The molecule has 13 nitrogen and oxygen atoms in total. The van der Waals surface area contributed by atoms with Gasteiger partial charge in [-0.25, -0.2) is 9.97 Å². The maximum Gasteiger partial charge on any atom is 0.279 e. The number of benzene rings is 1. The van der Waals surface area contributed by atoms with Crippen molar-refractivity contribution in [1.29, 1.82) is 0 Å². The van der Waals surface area contributed by atoms with Crippen LogP contribution in [-0.2, 0) is 21.5 Å². The molecule has 2 N–H and O–H groups in total. The van der Waals surface area contributed by atoms with Crippen molar-refractivity contribution in [2.45, 2.75) is 63.5 Å². The normalized spacial score (nSPS) is 26.6. The Morgan fingerprint density at radius 3 is 2.83 bits per heavy atom. The zero-order valence-corrected chi connectivity index (χ0v) is 27.2. The molecule has 0 bridgehead atoms. The number of fused-ring (bicyclic) bond motifs is 8. The second-order valence-electron chi connectivity index (χ2n) is 13.7. The van der Waals surface area contributed by atoms with Crippen LogP contribution in [0.3, 0.4) is 0 Å². The number of aromatic hydroxyl groups is 1. The number of carbonyl (C=O) groups is 2. The number of aromatic nitrogens is 6. The van der Waals surface area contributed by atoms with E-state index in [-0.39, 0.29) is 59.2 Å². The van der Waals surface area contributed by atoms with Crippen LogP contribution in [0, 0.1) is 25.7 Å². The highest BCUT2D eigenvalue weighted by Crippen LogP contribution is 2.73. The van der Waals surface area contributed by atoms with E-state index in [9.17, 15) is 19.5 Å². The molecule has 2 saturated carbocycles. The van der Waals surface area contributed by atoms with Gasteiger partial charge in [-0.1, -0.05) is 23.7 Å². The standard InChI is InChI=1S/C34H33ClN8O5/c1-16-3-4-23(22(35)11-16)38-25(44)14-42-28-19-12-20(19)34(26(28)31(46)43-33(42)39-30(40-43)18-5-9-48-10-6-18)7-8-41(24-13-21(24)34)32(47)27-29(45)17(2)36-15-37-27/h3-5,11,15,19-21,24,45H,6-10,12-14H2,1-2H3,(H,38,44). The average Bonchev–Trinajstić information content (AvgIpc) is 3.99. The lowest BCUT2D eigenvalue weighted by atomic mass is 9.70. The van der Waals surface area contributed by atoms with Crippen molar-refractivity contribution in [2.75, 3.05) is 25.1 Å². The molecule has 5 unspecified atom stereocenters. The third-order valence-electron chi connectivity index (χ3n) is 11.1. The lowest BCUT2D eigenvalue weighted by molar-refractivity contribution is -0.116. The number of piperidine rings is 1. The quantitative estimate of drug-likeness (QED) is 0.325. The van der Waals surface area contributed by atoms with E-state index in [0.29, 0.717) is 66.2 Å². The highest BCUT2D eigenvalue weighted by Gasteiger charge is 2.73. The molecule has 3 aliphatic carbocycles. The van der Waals surface area contributed by atoms with E-state index in [2.05, 4.69) is 15.3 Å². The molecule has 3 aromatic heterocycles. The summed E-state index contributed by atoms with van der Waals surface area (Å²) in [5.74, 6) is 0.384. The summed E-state index contributed by atoms with van der Waals surface area (Å²) in [6.45, 7) is 4.91. The van der Waals surface area contributed by atoms with Gasteiger partial charge in [0.2, 0.25) is 11.7 Å². The third kappa shape index (κ3) is 4.22. The maximum absolute atomic E-state index is 14.6. The largest absolute Gasteiger partial charge is 0.504 e. The molecule has 1 spiro atoms. The van der Waals surface area contributed by atoms with Gasteiger partial charge in [0.25, 0.3) is 11.5 Å². The van der Waals surface area contributed by atoms with E-state index >= 15 is 0 Å². The van der Waals surface area contributed by atoms with Crippen LogP contribution in [0.2, 0.25) is 5.02 Å². The number of nitrogens with one attached hydrogen (secondary N) is 1. The molecule has 0 radical (unpaired) electrons. The lowest BCUT2D eigenvalue weighted by Crippen LogP contribution is -2.49. The number of ether oxygens (including phenoxy) is 1. The number of amides is 2. The molecule has 246 valence electrons. The van der Waals surface area contributed by atoms with Gasteiger partial charge in [0.15, 0.2) is 17.3 Å². The molecular formula is C34H33ClN8O5. The minimum atomic E-state index is -0.446. The summed E-state index contributed by atoms with van der Waals surface area (Å²) >= 11 is 6.46. The van der Waals surface area contributed by atoms with Crippen LogP contribution in [0.5, 0.6) is 5.75 Å². The molecule has 5 aliphatic rings. The highest BCUT2D eigenvalue weighted by molar-refractivity contribution is 6.33. The zero-order chi connectivity index (χ0) is 33.1. The van der Waals surface area contributed by atoms with Gasteiger partial charge in [0.1, 0.15) is 12.9 Å².